The highest BCUT2D eigenvalue weighted by Gasteiger charge is 2.02. The van der Waals surface area contributed by atoms with Gasteiger partial charge in [0.05, 0.1) is 15.3 Å². The lowest BCUT2D eigenvalue weighted by molar-refractivity contribution is -0.118. The van der Waals surface area contributed by atoms with Crippen LogP contribution >= 0.6 is 0 Å². The van der Waals surface area contributed by atoms with Crippen molar-refractivity contribution in [2.24, 2.45) is 5.73 Å². The molecule has 0 amide bonds. The van der Waals surface area contributed by atoms with Gasteiger partial charge in [-0.15, -0.1) is 0 Å². The smallest absolute Gasteiger partial charge is 0.148 e. The van der Waals surface area contributed by atoms with Crippen molar-refractivity contribution in [3.8, 4) is 0 Å². The molecule has 0 aromatic heterocycles. The molecule has 0 aliphatic carbocycles. The Labute approximate surface area is 44.9 Å². The topological polar surface area (TPSA) is 63.3 Å². The van der Waals surface area contributed by atoms with E-state index in [9.17, 15) is 4.79 Å². The number of nitrogens with two attached hydrogens (primary N) is 1. The average molecular weight is 105 g/mol. The van der Waals surface area contributed by atoms with Crippen LogP contribution in [0.4, 0.5) is 0 Å². The Kier molecular flexibility index (Phi) is 1.38. The van der Waals surface area contributed by atoms with Crippen molar-refractivity contribution in [2.75, 3.05) is 6.56 Å². The first kappa shape index (κ1) is 3.57. The van der Waals surface area contributed by atoms with Crippen molar-refractivity contribution in [3.05, 3.63) is 0 Å². The van der Waals surface area contributed by atoms with E-state index in [-0.39, 0.29) is 0 Å². The predicted molar refractivity (Wildman–Crippen MR) is 25.7 cm³/mol. The summed E-state index contributed by atoms with van der Waals surface area (Å²) in [6.07, 6.45) is 0. The average Bonchev–Trinajstić information content (AvgIpc) is 1.62. The Morgan fingerprint density at radius 1 is 2.29 bits per heavy atom. The summed E-state index contributed by atoms with van der Waals surface area (Å²) in [4.78, 5) is 10.3. The molecule has 0 aromatic carbocycles. The van der Waals surface area contributed by atoms with Gasteiger partial charge in [0.15, 0.2) is 0 Å². The molecule has 0 saturated heterocycles. The van der Waals surface area contributed by atoms with Crippen LogP contribution in [0.5, 0.6) is 0 Å². The van der Waals surface area contributed by atoms with E-state index >= 15 is 0 Å². The third kappa shape index (κ3) is 2.31. The number of rotatable bonds is 2. The molecular weight excluding hydrogens is 94.0 g/mol. The number of hydrogen-bond acceptors (Lipinski definition) is 3. The van der Waals surface area contributed by atoms with Gasteiger partial charge in [-0.3, -0.25) is 4.79 Å². The van der Waals surface area contributed by atoms with E-state index < -0.39 is 18.4 Å². The second-order valence-electron chi connectivity index (χ2n) is 1.22. The molecule has 1 unspecified atom stereocenters. The second-order valence-corrected chi connectivity index (χ2v) is 1.22. The minimum atomic E-state index is -2.59. The molecule has 7 heavy (non-hydrogen) atoms. The second kappa shape index (κ2) is 2.71. The SMILES string of the molecule is [2H]C([2H])(O)C(N)C(C)=O. The minimum Gasteiger partial charge on any atom is -0.394 e. The lowest BCUT2D eigenvalue weighted by Crippen LogP contribution is -2.31. The van der Waals surface area contributed by atoms with Gasteiger partial charge in [0.25, 0.3) is 0 Å². The highest BCUT2D eigenvalue weighted by molar-refractivity contribution is 5.81. The van der Waals surface area contributed by atoms with Gasteiger partial charge in [0.1, 0.15) is 5.78 Å². The Bertz CT molecular complexity index is 120. The van der Waals surface area contributed by atoms with E-state index in [2.05, 4.69) is 0 Å². The highest BCUT2D eigenvalue weighted by atomic mass is 16.3. The molecule has 0 aliphatic rings. The molecule has 0 fully saturated rings. The van der Waals surface area contributed by atoms with Crippen LogP contribution in [0.1, 0.15) is 9.67 Å². The van der Waals surface area contributed by atoms with Crippen LogP contribution in [0.15, 0.2) is 0 Å². The van der Waals surface area contributed by atoms with Crippen molar-refractivity contribution in [3.63, 3.8) is 0 Å². The molecule has 3 N–H and O–H groups in total. The summed E-state index contributed by atoms with van der Waals surface area (Å²) in [7, 11) is 0. The summed E-state index contributed by atoms with van der Waals surface area (Å²) < 4.78 is 13.1. The Morgan fingerprint density at radius 2 is 2.71 bits per heavy atom. The quantitative estimate of drug-likeness (QED) is 0.468. The normalized spacial score (nSPS) is 19.9. The van der Waals surface area contributed by atoms with E-state index in [1.54, 1.807) is 0 Å². The van der Waals surface area contributed by atoms with Crippen molar-refractivity contribution >= 4 is 5.78 Å². The molecule has 0 aliphatic heterocycles. The zero-order chi connectivity index (χ0) is 7.65. The number of hydrogen-bond donors (Lipinski definition) is 2. The van der Waals surface area contributed by atoms with Gasteiger partial charge in [0, 0.05) is 0 Å². The van der Waals surface area contributed by atoms with Gasteiger partial charge in [-0.2, -0.15) is 0 Å². The minimum absolute atomic E-state index is 0.567. The lowest BCUT2D eigenvalue weighted by Gasteiger charge is -1.98. The molecule has 0 radical (unpaired) electrons. The zero-order valence-electron chi connectivity index (χ0n) is 6.01. The molecule has 0 aromatic rings. The summed E-state index contributed by atoms with van der Waals surface area (Å²) in [5.41, 5.74) is 4.92. The van der Waals surface area contributed by atoms with Crippen molar-refractivity contribution in [1.82, 2.24) is 0 Å². The fourth-order valence-electron chi connectivity index (χ4n) is 0.0909. The number of carbonyl (C=O) groups is 1. The zero-order valence-corrected chi connectivity index (χ0v) is 4.01. The van der Waals surface area contributed by atoms with Gasteiger partial charge < -0.3 is 10.8 Å². The first-order valence-corrected chi connectivity index (χ1v) is 1.84. The van der Waals surface area contributed by atoms with Gasteiger partial charge in [-0.1, -0.05) is 0 Å². The predicted octanol–water partition coefficient (Wildman–Crippen LogP) is -1.10. The van der Waals surface area contributed by atoms with Gasteiger partial charge in [-0.05, 0) is 6.92 Å². The molecule has 1 atom stereocenters. The Balaban J connectivity index is 4.04. The first-order chi connectivity index (χ1) is 3.85. The van der Waals surface area contributed by atoms with Crippen molar-refractivity contribution in [1.29, 1.82) is 0 Å². The van der Waals surface area contributed by atoms with E-state index in [1.165, 1.54) is 0 Å². The first-order valence-electron chi connectivity index (χ1n) is 2.84. The lowest BCUT2D eigenvalue weighted by atomic mass is 10.2. The fraction of sp³-hybridized carbons (Fsp3) is 0.750. The largest absolute Gasteiger partial charge is 0.394 e. The van der Waals surface area contributed by atoms with Crippen molar-refractivity contribution < 1.29 is 12.6 Å². The van der Waals surface area contributed by atoms with Crippen LogP contribution in [-0.4, -0.2) is 23.5 Å². The Morgan fingerprint density at radius 3 is 2.71 bits per heavy atom. The molecule has 3 heteroatoms. The van der Waals surface area contributed by atoms with E-state index in [1.807, 2.05) is 0 Å². The number of ketones is 1. The molecule has 3 nitrogen and oxygen atoms in total. The maximum atomic E-state index is 10.3. The summed E-state index contributed by atoms with van der Waals surface area (Å²) in [5.74, 6) is -0.567. The van der Waals surface area contributed by atoms with Gasteiger partial charge in [-0.25, -0.2) is 0 Å². The molecule has 0 spiro atoms. The number of aliphatic hydroxyl groups is 1. The van der Waals surface area contributed by atoms with E-state index in [0.29, 0.717) is 0 Å². The summed E-state index contributed by atoms with van der Waals surface area (Å²) in [5, 5.41) is 8.44. The molecule has 42 valence electrons. The fourth-order valence-corrected chi connectivity index (χ4v) is 0.0909. The maximum absolute atomic E-state index is 10.3. The Hall–Kier alpha value is -0.410. The molecule has 0 saturated carbocycles. The molecule has 0 rings (SSSR count). The third-order valence-electron chi connectivity index (χ3n) is 0.577. The van der Waals surface area contributed by atoms with Crippen LogP contribution in [0.3, 0.4) is 0 Å². The number of Topliss-reactive ketones (excluding diaryl/α,β-unsaturated/α-hetero) is 1. The standard InChI is InChI=1S/C4H9NO2/c1-3(7)4(5)2-6/h4,6H,2,5H2,1H3/i2D2. The summed E-state index contributed by atoms with van der Waals surface area (Å²) >= 11 is 0. The molecular formula is C4H9NO2. The van der Waals surface area contributed by atoms with Gasteiger partial charge in [0.2, 0.25) is 0 Å². The monoisotopic (exact) mass is 105 g/mol. The summed E-state index contributed by atoms with van der Waals surface area (Å²) in [6.45, 7) is -1.47. The molecule has 0 bridgehead atoms. The summed E-state index contributed by atoms with van der Waals surface area (Å²) in [6, 6.07) is -1.43. The molecule has 0 heterocycles. The number of carbonyl (C=O) groups excluding carboxylic acids is 1. The van der Waals surface area contributed by atoms with Crippen LogP contribution in [0, 0.1) is 0 Å². The van der Waals surface area contributed by atoms with Crippen LogP contribution in [0.2, 0.25) is 0 Å². The van der Waals surface area contributed by atoms with E-state index in [0.717, 1.165) is 6.92 Å². The van der Waals surface area contributed by atoms with Crippen molar-refractivity contribution in [2.45, 2.75) is 13.0 Å². The van der Waals surface area contributed by atoms with E-state index in [4.69, 9.17) is 13.6 Å². The van der Waals surface area contributed by atoms with Gasteiger partial charge >= 0.3 is 0 Å². The van der Waals surface area contributed by atoms with Crippen LogP contribution < -0.4 is 5.73 Å². The maximum Gasteiger partial charge on any atom is 0.148 e. The van der Waals surface area contributed by atoms with Crippen LogP contribution in [-0.2, 0) is 4.79 Å². The highest BCUT2D eigenvalue weighted by Crippen LogP contribution is 1.74. The third-order valence-corrected chi connectivity index (χ3v) is 0.577. The van der Waals surface area contributed by atoms with Crippen LogP contribution in [0.25, 0.3) is 0 Å².